The fourth-order valence-electron chi connectivity index (χ4n) is 1.14. The van der Waals surface area contributed by atoms with E-state index in [1.54, 1.807) is 12.1 Å². The second-order valence-electron chi connectivity index (χ2n) is 2.61. The van der Waals surface area contributed by atoms with Gasteiger partial charge in [0.2, 0.25) is 0 Å². The van der Waals surface area contributed by atoms with Gasteiger partial charge in [-0.3, -0.25) is 5.21 Å². The van der Waals surface area contributed by atoms with E-state index >= 15 is 0 Å². The Kier molecular flexibility index (Phi) is 1.88. The molecule has 2 rings (SSSR count). The summed E-state index contributed by atoms with van der Waals surface area (Å²) >= 11 is 0. The predicted octanol–water partition coefficient (Wildman–Crippen LogP) is 0.571. The van der Waals surface area contributed by atoms with Crippen molar-refractivity contribution in [3.8, 4) is 0 Å². The molecule has 1 saturated heterocycles. The first-order valence-electron chi connectivity index (χ1n) is 3.79. The van der Waals surface area contributed by atoms with Gasteiger partial charge in [0.25, 0.3) is 0 Å². The van der Waals surface area contributed by atoms with Gasteiger partial charge in [-0.05, 0) is 12.1 Å². The lowest BCUT2D eigenvalue weighted by atomic mass is 10.3. The zero-order chi connectivity index (χ0) is 9.26. The Hall–Kier alpha value is -1.59. The number of carbonyl (C=O) groups excluding carboxylic acids is 1. The Balaban J connectivity index is 2.23. The van der Waals surface area contributed by atoms with Crippen molar-refractivity contribution in [3.63, 3.8) is 0 Å². The zero-order valence-electron chi connectivity index (χ0n) is 6.75. The lowest BCUT2D eigenvalue weighted by Gasteiger charge is -2.18. The van der Waals surface area contributed by atoms with Gasteiger partial charge in [-0.1, -0.05) is 18.2 Å². The van der Waals surface area contributed by atoms with Gasteiger partial charge in [-0.2, -0.15) is 0 Å². The number of hydrogen-bond donors (Lipinski definition) is 1. The zero-order valence-corrected chi connectivity index (χ0v) is 6.75. The van der Waals surface area contributed by atoms with Gasteiger partial charge in [-0.25, -0.2) is 9.80 Å². The van der Waals surface area contributed by atoms with E-state index in [1.165, 1.54) is 5.01 Å². The number of hydrogen-bond acceptors (Lipinski definition) is 5. The molecule has 68 valence electrons. The van der Waals surface area contributed by atoms with Crippen LogP contribution in [0.3, 0.4) is 0 Å². The molecule has 0 atom stereocenters. The van der Waals surface area contributed by atoms with Crippen molar-refractivity contribution in [1.29, 1.82) is 0 Å². The molecule has 5 heteroatoms. The summed E-state index contributed by atoms with van der Waals surface area (Å²) in [5, 5.41) is 10.9. The Morgan fingerprint density at radius 3 is 2.54 bits per heavy atom. The second-order valence-corrected chi connectivity index (χ2v) is 2.61. The van der Waals surface area contributed by atoms with Crippen LogP contribution < -0.4 is 5.01 Å². The molecule has 1 aromatic rings. The van der Waals surface area contributed by atoms with E-state index in [1.807, 2.05) is 18.2 Å². The molecule has 1 fully saturated rings. The predicted molar refractivity (Wildman–Crippen MR) is 43.5 cm³/mol. The maximum absolute atomic E-state index is 10.8. The van der Waals surface area contributed by atoms with Gasteiger partial charge < -0.3 is 4.84 Å². The summed E-state index contributed by atoms with van der Waals surface area (Å²) in [5.41, 5.74) is 0.704. The Labute approximate surface area is 74.6 Å². The summed E-state index contributed by atoms with van der Waals surface area (Å²) in [7, 11) is 0. The van der Waals surface area contributed by atoms with Crippen molar-refractivity contribution in [2.75, 3.05) is 11.6 Å². The van der Waals surface area contributed by atoms with Gasteiger partial charge >= 0.3 is 5.97 Å². The van der Waals surface area contributed by atoms with Crippen molar-refractivity contribution < 1.29 is 14.8 Å². The van der Waals surface area contributed by atoms with Crippen LogP contribution in [0.2, 0.25) is 0 Å². The van der Waals surface area contributed by atoms with Gasteiger partial charge in [0.15, 0.2) is 0 Å². The molecule has 1 heterocycles. The topological polar surface area (TPSA) is 53.0 Å². The van der Waals surface area contributed by atoms with Crippen LogP contribution in [0.1, 0.15) is 0 Å². The smallest absolute Gasteiger partial charge is 0.321 e. The minimum absolute atomic E-state index is 0.0283. The van der Waals surface area contributed by atoms with Crippen LogP contribution in [0.25, 0.3) is 0 Å². The van der Waals surface area contributed by atoms with E-state index in [4.69, 9.17) is 5.21 Å². The van der Waals surface area contributed by atoms with Crippen molar-refractivity contribution >= 4 is 11.7 Å². The first-order valence-corrected chi connectivity index (χ1v) is 3.79. The number of para-hydroxylation sites is 1. The van der Waals surface area contributed by atoms with Crippen molar-refractivity contribution in [1.82, 2.24) is 5.34 Å². The van der Waals surface area contributed by atoms with Gasteiger partial charge in [0, 0.05) is 0 Å². The number of benzene rings is 1. The van der Waals surface area contributed by atoms with Crippen LogP contribution in [0.5, 0.6) is 0 Å². The number of anilines is 1. The van der Waals surface area contributed by atoms with Crippen LogP contribution in [-0.4, -0.2) is 23.1 Å². The first-order chi connectivity index (χ1) is 6.27. The van der Waals surface area contributed by atoms with E-state index in [0.29, 0.717) is 11.0 Å². The molecule has 1 aliphatic rings. The van der Waals surface area contributed by atoms with E-state index in [0.717, 1.165) is 0 Å². The lowest BCUT2D eigenvalue weighted by molar-refractivity contribution is -0.300. The van der Waals surface area contributed by atoms with E-state index in [-0.39, 0.29) is 6.54 Å². The average Bonchev–Trinajstić information content (AvgIpc) is 2.47. The fourth-order valence-corrected chi connectivity index (χ4v) is 1.14. The SMILES string of the molecule is O=C1CN(c2ccccc2)N(O)O1. The highest BCUT2D eigenvalue weighted by Crippen LogP contribution is 2.18. The largest absolute Gasteiger partial charge is 0.351 e. The summed E-state index contributed by atoms with van der Waals surface area (Å²) in [5.74, 6) is -0.480. The molecule has 13 heavy (non-hydrogen) atoms. The van der Waals surface area contributed by atoms with Crippen LogP contribution in [-0.2, 0) is 9.63 Å². The third-order valence-corrected chi connectivity index (χ3v) is 1.72. The molecule has 0 unspecified atom stereocenters. The summed E-state index contributed by atoms with van der Waals surface area (Å²) in [6.07, 6.45) is 0. The molecule has 5 nitrogen and oxygen atoms in total. The minimum atomic E-state index is -0.480. The quantitative estimate of drug-likeness (QED) is 0.684. The Morgan fingerprint density at radius 1 is 1.31 bits per heavy atom. The molecule has 0 aromatic heterocycles. The molecular weight excluding hydrogens is 172 g/mol. The highest BCUT2D eigenvalue weighted by Gasteiger charge is 2.29. The summed E-state index contributed by atoms with van der Waals surface area (Å²) < 4.78 is 0. The molecule has 0 amide bonds. The van der Waals surface area contributed by atoms with Gasteiger partial charge in [-0.15, -0.1) is 0 Å². The lowest BCUT2D eigenvalue weighted by Crippen LogP contribution is -2.32. The third kappa shape index (κ3) is 1.47. The van der Waals surface area contributed by atoms with Crippen molar-refractivity contribution in [3.05, 3.63) is 30.3 Å². The maximum Gasteiger partial charge on any atom is 0.351 e. The summed E-state index contributed by atoms with van der Waals surface area (Å²) in [4.78, 5) is 15.2. The standard InChI is InChI=1S/C8H8N2O3/c11-8-6-9(10(12)13-8)7-4-2-1-3-5-7/h1-5,12H,6H2. The first kappa shape index (κ1) is 8.03. The number of nitrogens with zero attached hydrogens (tertiary/aromatic N) is 2. The normalized spacial score (nSPS) is 17.6. The molecule has 0 saturated carbocycles. The Morgan fingerprint density at radius 2 is 2.00 bits per heavy atom. The number of rotatable bonds is 1. The molecule has 0 bridgehead atoms. The molecule has 0 aliphatic carbocycles. The fraction of sp³-hybridized carbons (Fsp3) is 0.125. The minimum Gasteiger partial charge on any atom is -0.321 e. The van der Waals surface area contributed by atoms with Crippen LogP contribution in [0.15, 0.2) is 30.3 Å². The Bertz CT molecular complexity index is 314. The van der Waals surface area contributed by atoms with Gasteiger partial charge in [0.1, 0.15) is 6.54 Å². The van der Waals surface area contributed by atoms with E-state index < -0.39 is 5.97 Å². The van der Waals surface area contributed by atoms with Crippen LogP contribution in [0.4, 0.5) is 5.69 Å². The highest BCUT2D eigenvalue weighted by molar-refractivity contribution is 5.77. The second kappa shape index (κ2) is 3.04. The molecule has 1 N–H and O–H groups in total. The summed E-state index contributed by atoms with van der Waals surface area (Å²) in [6, 6.07) is 9.01. The van der Waals surface area contributed by atoms with E-state index in [9.17, 15) is 4.79 Å². The van der Waals surface area contributed by atoms with Crippen molar-refractivity contribution in [2.45, 2.75) is 0 Å². The molecule has 0 radical (unpaired) electrons. The van der Waals surface area contributed by atoms with Gasteiger partial charge in [0.05, 0.1) is 11.0 Å². The molecular formula is C8H8N2O3. The maximum atomic E-state index is 10.8. The number of carbonyl (C=O) groups is 1. The summed E-state index contributed by atoms with van der Waals surface area (Å²) in [6.45, 7) is 0.0283. The highest BCUT2D eigenvalue weighted by atomic mass is 16.9. The third-order valence-electron chi connectivity index (χ3n) is 1.72. The average molecular weight is 180 g/mol. The monoisotopic (exact) mass is 180 g/mol. The van der Waals surface area contributed by atoms with Crippen LogP contribution >= 0.6 is 0 Å². The molecule has 1 aromatic carbocycles. The molecule has 1 aliphatic heterocycles. The molecule has 0 spiro atoms. The van der Waals surface area contributed by atoms with Crippen molar-refractivity contribution in [2.24, 2.45) is 0 Å². The van der Waals surface area contributed by atoms with E-state index in [2.05, 4.69) is 4.84 Å². The number of hydrazine groups is 1. The van der Waals surface area contributed by atoms with Crippen LogP contribution in [0, 0.1) is 0 Å².